The molecule has 102 valence electrons. The number of rotatable bonds is 5. The van der Waals surface area contributed by atoms with E-state index in [-0.39, 0.29) is 18.6 Å². The minimum Gasteiger partial charge on any atom is -0.396 e. The highest BCUT2D eigenvalue weighted by atomic mass is 35.5. The monoisotopic (exact) mass is 280 g/mol. The van der Waals surface area contributed by atoms with Crippen LogP contribution in [0.5, 0.6) is 0 Å². The van der Waals surface area contributed by atoms with E-state index in [2.05, 4.69) is 10.3 Å². The molecule has 0 fully saturated rings. The van der Waals surface area contributed by atoms with Gasteiger partial charge < -0.3 is 15.4 Å². The number of fused-ring (bicyclic) bond motifs is 1. The van der Waals surface area contributed by atoms with E-state index < -0.39 is 0 Å². The SMILES string of the molecule is C[C@H](CCO)NC(=O)Cc1c[nH]c2ccc(Cl)cc12. The first-order valence-corrected chi connectivity index (χ1v) is 6.63. The molecule has 2 rings (SSSR count). The topological polar surface area (TPSA) is 65.1 Å². The van der Waals surface area contributed by atoms with Crippen molar-refractivity contribution in [2.75, 3.05) is 6.61 Å². The summed E-state index contributed by atoms with van der Waals surface area (Å²) in [6, 6.07) is 5.54. The van der Waals surface area contributed by atoms with Crippen molar-refractivity contribution in [3.8, 4) is 0 Å². The molecule has 1 aromatic heterocycles. The molecule has 4 nitrogen and oxygen atoms in total. The Labute approximate surface area is 116 Å². The van der Waals surface area contributed by atoms with E-state index in [1.807, 2.05) is 31.3 Å². The molecular formula is C14H17ClN2O2. The summed E-state index contributed by atoms with van der Waals surface area (Å²) in [4.78, 5) is 15.0. The number of aromatic amines is 1. The molecule has 1 amide bonds. The second-order valence-corrected chi connectivity index (χ2v) is 5.10. The fourth-order valence-electron chi connectivity index (χ4n) is 2.06. The highest BCUT2D eigenvalue weighted by molar-refractivity contribution is 6.31. The molecular weight excluding hydrogens is 264 g/mol. The molecule has 0 saturated heterocycles. The molecule has 0 bridgehead atoms. The van der Waals surface area contributed by atoms with Gasteiger partial charge in [-0.25, -0.2) is 0 Å². The number of carbonyl (C=O) groups excluding carboxylic acids is 1. The lowest BCUT2D eigenvalue weighted by atomic mass is 10.1. The van der Waals surface area contributed by atoms with Gasteiger partial charge in [0.25, 0.3) is 0 Å². The minimum atomic E-state index is -0.0539. The quantitative estimate of drug-likeness (QED) is 0.786. The van der Waals surface area contributed by atoms with E-state index in [1.54, 1.807) is 0 Å². The predicted octanol–water partition coefficient (Wildman–Crippen LogP) is 2.25. The molecule has 5 heteroatoms. The Bertz CT molecular complexity index is 580. The third kappa shape index (κ3) is 3.49. The highest BCUT2D eigenvalue weighted by Gasteiger charge is 2.11. The van der Waals surface area contributed by atoms with Crippen molar-refractivity contribution in [1.82, 2.24) is 10.3 Å². The van der Waals surface area contributed by atoms with Crippen molar-refractivity contribution in [2.45, 2.75) is 25.8 Å². The van der Waals surface area contributed by atoms with Crippen LogP contribution in [0.2, 0.25) is 5.02 Å². The molecule has 1 atom stereocenters. The van der Waals surface area contributed by atoms with Crippen molar-refractivity contribution in [3.63, 3.8) is 0 Å². The summed E-state index contributed by atoms with van der Waals surface area (Å²) in [5.74, 6) is -0.0539. The summed E-state index contributed by atoms with van der Waals surface area (Å²) >= 11 is 5.97. The van der Waals surface area contributed by atoms with Gasteiger partial charge in [0.2, 0.25) is 5.91 Å². The van der Waals surface area contributed by atoms with Crippen molar-refractivity contribution < 1.29 is 9.90 Å². The fourth-order valence-corrected chi connectivity index (χ4v) is 2.23. The summed E-state index contributed by atoms with van der Waals surface area (Å²) in [6.07, 6.45) is 2.69. The van der Waals surface area contributed by atoms with Crippen LogP contribution in [0.3, 0.4) is 0 Å². The second-order valence-electron chi connectivity index (χ2n) is 4.66. The summed E-state index contributed by atoms with van der Waals surface area (Å²) in [6.45, 7) is 1.95. The van der Waals surface area contributed by atoms with Crippen LogP contribution < -0.4 is 5.32 Å². The van der Waals surface area contributed by atoms with Gasteiger partial charge in [0.1, 0.15) is 0 Å². The Hall–Kier alpha value is -1.52. The lowest BCUT2D eigenvalue weighted by Gasteiger charge is -2.11. The predicted molar refractivity (Wildman–Crippen MR) is 76.3 cm³/mol. The lowest BCUT2D eigenvalue weighted by molar-refractivity contribution is -0.121. The number of aliphatic hydroxyl groups is 1. The van der Waals surface area contributed by atoms with Gasteiger partial charge in [-0.15, -0.1) is 0 Å². The number of H-pyrrole nitrogens is 1. The van der Waals surface area contributed by atoms with Gasteiger partial charge in [0.05, 0.1) is 6.42 Å². The summed E-state index contributed by atoms with van der Waals surface area (Å²) in [7, 11) is 0. The Morgan fingerprint density at radius 1 is 1.53 bits per heavy atom. The van der Waals surface area contributed by atoms with Crippen molar-refractivity contribution >= 4 is 28.4 Å². The number of aromatic nitrogens is 1. The molecule has 3 N–H and O–H groups in total. The number of amides is 1. The standard InChI is InChI=1S/C14H17ClN2O2/c1-9(4-5-18)17-14(19)6-10-8-16-13-3-2-11(15)7-12(10)13/h2-3,7-9,16,18H,4-6H2,1H3,(H,17,19)/t9-/m1/s1. The average molecular weight is 281 g/mol. The van der Waals surface area contributed by atoms with Crippen LogP contribution in [-0.2, 0) is 11.2 Å². The van der Waals surface area contributed by atoms with Gasteiger partial charge in [-0.05, 0) is 37.1 Å². The molecule has 0 aliphatic rings. The first-order valence-electron chi connectivity index (χ1n) is 6.26. The average Bonchev–Trinajstić information content (AvgIpc) is 2.72. The number of aliphatic hydroxyl groups excluding tert-OH is 1. The molecule has 1 aromatic carbocycles. The number of hydrogen-bond donors (Lipinski definition) is 3. The van der Waals surface area contributed by atoms with Gasteiger partial charge >= 0.3 is 0 Å². The zero-order valence-electron chi connectivity index (χ0n) is 10.7. The molecule has 0 spiro atoms. The summed E-state index contributed by atoms with van der Waals surface area (Å²) in [5, 5.41) is 13.3. The third-order valence-corrected chi connectivity index (χ3v) is 3.29. The normalized spacial score (nSPS) is 12.6. The van der Waals surface area contributed by atoms with Crippen LogP contribution in [0.4, 0.5) is 0 Å². The first-order chi connectivity index (χ1) is 9.10. The van der Waals surface area contributed by atoms with Gasteiger partial charge in [-0.2, -0.15) is 0 Å². The highest BCUT2D eigenvalue weighted by Crippen LogP contribution is 2.22. The van der Waals surface area contributed by atoms with Crippen LogP contribution in [0, 0.1) is 0 Å². The van der Waals surface area contributed by atoms with Crippen LogP contribution in [-0.4, -0.2) is 28.6 Å². The zero-order valence-corrected chi connectivity index (χ0v) is 11.5. The lowest BCUT2D eigenvalue weighted by Crippen LogP contribution is -2.34. The molecule has 0 radical (unpaired) electrons. The Morgan fingerprint density at radius 2 is 2.32 bits per heavy atom. The van der Waals surface area contributed by atoms with Crippen molar-refractivity contribution in [3.05, 3.63) is 35.0 Å². The van der Waals surface area contributed by atoms with Gasteiger partial charge in [0, 0.05) is 34.8 Å². The molecule has 2 aromatic rings. The van der Waals surface area contributed by atoms with Crippen molar-refractivity contribution in [1.29, 1.82) is 0 Å². The zero-order chi connectivity index (χ0) is 13.8. The van der Waals surface area contributed by atoms with Gasteiger partial charge in [-0.3, -0.25) is 4.79 Å². The molecule has 1 heterocycles. The number of hydrogen-bond acceptors (Lipinski definition) is 2. The number of carbonyl (C=O) groups is 1. The third-order valence-electron chi connectivity index (χ3n) is 3.05. The molecule has 0 aliphatic carbocycles. The number of benzene rings is 1. The Balaban J connectivity index is 2.08. The Kier molecular flexibility index (Phi) is 4.45. The van der Waals surface area contributed by atoms with Gasteiger partial charge in [-0.1, -0.05) is 11.6 Å². The number of nitrogens with one attached hydrogen (secondary N) is 2. The Morgan fingerprint density at radius 3 is 3.05 bits per heavy atom. The largest absolute Gasteiger partial charge is 0.396 e. The van der Waals surface area contributed by atoms with E-state index in [9.17, 15) is 4.79 Å². The maximum atomic E-state index is 11.9. The number of halogens is 1. The summed E-state index contributed by atoms with van der Waals surface area (Å²) in [5.41, 5.74) is 1.89. The van der Waals surface area contributed by atoms with E-state index in [1.165, 1.54) is 0 Å². The maximum absolute atomic E-state index is 11.9. The molecule has 19 heavy (non-hydrogen) atoms. The molecule has 0 saturated carbocycles. The van der Waals surface area contributed by atoms with Crippen LogP contribution in [0.25, 0.3) is 10.9 Å². The molecule has 0 aliphatic heterocycles. The van der Waals surface area contributed by atoms with Gasteiger partial charge in [0.15, 0.2) is 0 Å². The maximum Gasteiger partial charge on any atom is 0.224 e. The molecule has 0 unspecified atom stereocenters. The van der Waals surface area contributed by atoms with E-state index in [4.69, 9.17) is 16.7 Å². The smallest absolute Gasteiger partial charge is 0.224 e. The minimum absolute atomic E-state index is 0.0220. The van der Waals surface area contributed by atoms with Crippen LogP contribution in [0.15, 0.2) is 24.4 Å². The van der Waals surface area contributed by atoms with Crippen LogP contribution in [0.1, 0.15) is 18.9 Å². The summed E-state index contributed by atoms with van der Waals surface area (Å²) < 4.78 is 0. The van der Waals surface area contributed by atoms with Crippen LogP contribution >= 0.6 is 11.6 Å². The van der Waals surface area contributed by atoms with E-state index in [0.717, 1.165) is 16.5 Å². The van der Waals surface area contributed by atoms with E-state index >= 15 is 0 Å². The first kappa shape index (κ1) is 13.9. The van der Waals surface area contributed by atoms with E-state index in [0.29, 0.717) is 17.9 Å². The fraction of sp³-hybridized carbons (Fsp3) is 0.357. The van der Waals surface area contributed by atoms with Crippen molar-refractivity contribution in [2.24, 2.45) is 0 Å². The second kappa shape index (κ2) is 6.08.